The van der Waals surface area contributed by atoms with Crippen molar-refractivity contribution in [3.8, 4) is 17.1 Å². The Morgan fingerprint density at radius 1 is 1.03 bits per heavy atom. The Bertz CT molecular complexity index is 1060. The number of aromatic nitrogens is 1. The normalized spacial score (nSPS) is 11.4. The van der Waals surface area contributed by atoms with Gasteiger partial charge in [-0.1, -0.05) is 41.9 Å². The van der Waals surface area contributed by atoms with Gasteiger partial charge in [-0.3, -0.25) is 4.79 Å². The van der Waals surface area contributed by atoms with Crippen LogP contribution in [0.1, 0.15) is 36.2 Å². The molecule has 3 rings (SSSR count). The molecule has 0 atom stereocenters. The predicted molar refractivity (Wildman–Crippen MR) is 113 cm³/mol. The monoisotopic (exact) mass is 428 g/mol. The summed E-state index contributed by atoms with van der Waals surface area (Å²) in [6.45, 7) is 0.310. The van der Waals surface area contributed by atoms with Crippen molar-refractivity contribution in [1.29, 1.82) is 0 Å². The number of nitrogens with one attached hydrogen (secondary N) is 1. The largest absolute Gasteiger partial charge is 0.497 e. The molecule has 1 heterocycles. The van der Waals surface area contributed by atoms with Gasteiger partial charge in [0.2, 0.25) is 10.0 Å². The number of methoxy groups -OCH3 is 1. The molecule has 0 unspecified atom stereocenters. The standard InChI is InChI=1S/C22H24N2O5S/c1-28-18-11-13-19(14-12-18)30(26,27)23-15-7-3-6-10-21(25)20-16-22(29-24-20)17-8-4-2-5-9-17/h2,4-5,8-9,11-14,16,23H,3,6-7,10,15H2,1H3. The van der Waals surface area contributed by atoms with E-state index in [4.69, 9.17) is 9.26 Å². The topological polar surface area (TPSA) is 98.5 Å². The van der Waals surface area contributed by atoms with Crippen molar-refractivity contribution in [2.24, 2.45) is 0 Å². The lowest BCUT2D eigenvalue weighted by molar-refractivity contribution is 0.0970. The molecule has 8 heteroatoms. The van der Waals surface area contributed by atoms with Crippen molar-refractivity contribution in [2.75, 3.05) is 13.7 Å². The van der Waals surface area contributed by atoms with Crippen LogP contribution >= 0.6 is 0 Å². The molecule has 0 aliphatic rings. The first-order valence-electron chi connectivity index (χ1n) is 9.68. The number of carbonyl (C=O) groups excluding carboxylic acids is 1. The van der Waals surface area contributed by atoms with E-state index >= 15 is 0 Å². The van der Waals surface area contributed by atoms with Crippen molar-refractivity contribution in [2.45, 2.75) is 30.6 Å². The van der Waals surface area contributed by atoms with Crippen molar-refractivity contribution < 1.29 is 22.5 Å². The van der Waals surface area contributed by atoms with E-state index in [0.717, 1.165) is 12.0 Å². The smallest absolute Gasteiger partial charge is 0.240 e. The van der Waals surface area contributed by atoms with Gasteiger partial charge in [-0.2, -0.15) is 0 Å². The number of ketones is 1. The number of hydrogen-bond acceptors (Lipinski definition) is 6. The minimum absolute atomic E-state index is 0.0836. The molecule has 0 spiro atoms. The van der Waals surface area contributed by atoms with Gasteiger partial charge in [-0.15, -0.1) is 0 Å². The summed E-state index contributed by atoms with van der Waals surface area (Å²) < 4.78 is 37.4. The molecule has 0 aliphatic carbocycles. The van der Waals surface area contributed by atoms with Crippen LogP contribution in [0.2, 0.25) is 0 Å². The van der Waals surface area contributed by atoms with Crippen LogP contribution in [0.4, 0.5) is 0 Å². The molecule has 0 saturated carbocycles. The Morgan fingerprint density at radius 2 is 1.77 bits per heavy atom. The second-order valence-electron chi connectivity index (χ2n) is 6.75. The third-order valence-corrected chi connectivity index (χ3v) is 6.07. The van der Waals surface area contributed by atoms with E-state index in [9.17, 15) is 13.2 Å². The predicted octanol–water partition coefficient (Wildman–Crippen LogP) is 4.07. The van der Waals surface area contributed by atoms with Crippen LogP contribution in [0.25, 0.3) is 11.3 Å². The number of nitrogens with zero attached hydrogens (tertiary/aromatic N) is 1. The van der Waals surface area contributed by atoms with E-state index in [-0.39, 0.29) is 10.7 Å². The van der Waals surface area contributed by atoms with Crippen LogP contribution in [0.3, 0.4) is 0 Å². The summed E-state index contributed by atoms with van der Waals surface area (Å²) in [6, 6.07) is 17.3. The van der Waals surface area contributed by atoms with E-state index in [0.29, 0.717) is 43.0 Å². The Kier molecular flexibility index (Phi) is 7.37. The summed E-state index contributed by atoms with van der Waals surface area (Å²) in [6.07, 6.45) is 2.35. The molecule has 30 heavy (non-hydrogen) atoms. The summed E-state index contributed by atoms with van der Waals surface area (Å²) in [5, 5.41) is 3.86. The van der Waals surface area contributed by atoms with Crippen molar-refractivity contribution in [3.63, 3.8) is 0 Å². The number of carbonyl (C=O) groups is 1. The lowest BCUT2D eigenvalue weighted by atomic mass is 10.1. The lowest BCUT2D eigenvalue weighted by Crippen LogP contribution is -2.24. The third-order valence-electron chi connectivity index (χ3n) is 4.60. The maximum atomic E-state index is 12.3. The van der Waals surface area contributed by atoms with E-state index in [1.54, 1.807) is 18.2 Å². The lowest BCUT2D eigenvalue weighted by Gasteiger charge is -2.07. The van der Waals surface area contributed by atoms with E-state index in [1.807, 2.05) is 30.3 Å². The molecule has 7 nitrogen and oxygen atoms in total. The summed E-state index contributed by atoms with van der Waals surface area (Å²) in [5.41, 5.74) is 1.18. The van der Waals surface area contributed by atoms with Gasteiger partial charge in [0.1, 0.15) is 11.4 Å². The fourth-order valence-electron chi connectivity index (χ4n) is 2.91. The van der Waals surface area contributed by atoms with E-state index in [2.05, 4.69) is 9.88 Å². The van der Waals surface area contributed by atoms with Crippen LogP contribution in [0.15, 0.2) is 70.1 Å². The molecule has 3 aromatic rings. The second kappa shape index (κ2) is 10.2. The molecule has 0 fully saturated rings. The number of sulfonamides is 1. The first kappa shape index (κ1) is 21.7. The second-order valence-corrected chi connectivity index (χ2v) is 8.52. The number of rotatable bonds is 11. The zero-order valence-corrected chi connectivity index (χ0v) is 17.5. The quantitative estimate of drug-likeness (QED) is 0.365. The van der Waals surface area contributed by atoms with Crippen LogP contribution in [0.5, 0.6) is 5.75 Å². The van der Waals surface area contributed by atoms with Crippen molar-refractivity contribution >= 4 is 15.8 Å². The molecular formula is C22H24N2O5S. The van der Waals surface area contributed by atoms with E-state index < -0.39 is 10.0 Å². The number of hydrogen-bond donors (Lipinski definition) is 1. The maximum Gasteiger partial charge on any atom is 0.240 e. The minimum Gasteiger partial charge on any atom is -0.497 e. The van der Waals surface area contributed by atoms with Crippen LogP contribution in [0, 0.1) is 0 Å². The summed E-state index contributed by atoms with van der Waals surface area (Å²) in [4.78, 5) is 12.5. The number of unbranched alkanes of at least 4 members (excludes halogenated alkanes) is 2. The molecule has 0 aliphatic heterocycles. The summed E-state index contributed by atoms with van der Waals surface area (Å²) in [7, 11) is -2.03. The van der Waals surface area contributed by atoms with Crippen LogP contribution < -0.4 is 9.46 Å². The third kappa shape index (κ3) is 5.77. The molecule has 1 aromatic heterocycles. The van der Waals surface area contributed by atoms with Crippen LogP contribution in [-0.4, -0.2) is 33.0 Å². The molecule has 0 bridgehead atoms. The van der Waals surface area contributed by atoms with Gasteiger partial charge in [0.15, 0.2) is 11.5 Å². The molecule has 2 aromatic carbocycles. The zero-order chi connectivity index (χ0) is 21.4. The Morgan fingerprint density at radius 3 is 2.47 bits per heavy atom. The van der Waals surface area contributed by atoms with Gasteiger partial charge in [0.25, 0.3) is 0 Å². The highest BCUT2D eigenvalue weighted by molar-refractivity contribution is 7.89. The zero-order valence-electron chi connectivity index (χ0n) is 16.7. The van der Waals surface area contributed by atoms with Crippen molar-refractivity contribution in [3.05, 3.63) is 66.4 Å². The van der Waals surface area contributed by atoms with Gasteiger partial charge in [0, 0.05) is 24.6 Å². The van der Waals surface area contributed by atoms with Gasteiger partial charge in [0.05, 0.1) is 12.0 Å². The number of ether oxygens (including phenoxy) is 1. The molecular weight excluding hydrogens is 404 g/mol. The molecule has 0 saturated heterocycles. The minimum atomic E-state index is -3.55. The summed E-state index contributed by atoms with van der Waals surface area (Å²) >= 11 is 0. The van der Waals surface area contributed by atoms with Crippen LogP contribution in [-0.2, 0) is 10.0 Å². The summed E-state index contributed by atoms with van der Waals surface area (Å²) in [5.74, 6) is 1.08. The number of benzene rings is 2. The average molecular weight is 429 g/mol. The number of Topliss-reactive ketones (excluding diaryl/α,β-unsaturated/α-hetero) is 1. The first-order chi connectivity index (χ1) is 14.5. The Hall–Kier alpha value is -2.97. The van der Waals surface area contributed by atoms with Gasteiger partial charge >= 0.3 is 0 Å². The fourth-order valence-corrected chi connectivity index (χ4v) is 3.98. The average Bonchev–Trinajstić information content (AvgIpc) is 3.27. The first-order valence-corrected chi connectivity index (χ1v) is 11.2. The van der Waals surface area contributed by atoms with Gasteiger partial charge < -0.3 is 9.26 Å². The molecule has 158 valence electrons. The van der Waals surface area contributed by atoms with E-state index in [1.165, 1.54) is 19.2 Å². The molecule has 0 amide bonds. The highest BCUT2D eigenvalue weighted by Gasteiger charge is 2.15. The van der Waals surface area contributed by atoms with Gasteiger partial charge in [-0.25, -0.2) is 13.1 Å². The molecule has 1 N–H and O–H groups in total. The van der Waals surface area contributed by atoms with Crippen molar-refractivity contribution in [1.82, 2.24) is 9.88 Å². The molecule has 0 radical (unpaired) electrons. The van der Waals surface area contributed by atoms with Gasteiger partial charge in [-0.05, 0) is 37.1 Å². The maximum absolute atomic E-state index is 12.3. The highest BCUT2D eigenvalue weighted by atomic mass is 32.2. The Balaban J connectivity index is 1.39. The fraction of sp³-hybridized carbons (Fsp3) is 0.273. The Labute approximate surface area is 176 Å². The SMILES string of the molecule is COc1ccc(S(=O)(=O)NCCCCCC(=O)c2cc(-c3ccccc3)on2)cc1. The highest BCUT2D eigenvalue weighted by Crippen LogP contribution is 2.21.